The standard InChI is InChI=1S/C16H25N3O/c1-4-16(20-6-3)13(17)11-14-12-9-7-8-10-15(12)19(5-2)18-14/h7-10,13,16H,4-6,11,17H2,1-3H3. The average Bonchev–Trinajstić information content (AvgIpc) is 2.83. The summed E-state index contributed by atoms with van der Waals surface area (Å²) >= 11 is 0. The highest BCUT2D eigenvalue weighted by molar-refractivity contribution is 5.82. The van der Waals surface area contributed by atoms with E-state index in [4.69, 9.17) is 15.6 Å². The second-order valence-electron chi connectivity index (χ2n) is 5.05. The molecule has 0 spiro atoms. The molecule has 2 unspecified atom stereocenters. The number of aryl methyl sites for hydroxylation is 1. The van der Waals surface area contributed by atoms with Gasteiger partial charge in [-0.15, -0.1) is 0 Å². The molecule has 0 aliphatic rings. The molecule has 0 saturated carbocycles. The molecular weight excluding hydrogens is 250 g/mol. The van der Waals surface area contributed by atoms with E-state index in [2.05, 4.69) is 38.1 Å². The molecule has 0 aliphatic carbocycles. The van der Waals surface area contributed by atoms with Crippen LogP contribution in [-0.4, -0.2) is 28.5 Å². The van der Waals surface area contributed by atoms with E-state index >= 15 is 0 Å². The van der Waals surface area contributed by atoms with Crippen LogP contribution in [0.3, 0.4) is 0 Å². The molecule has 2 aromatic rings. The van der Waals surface area contributed by atoms with Crippen LogP contribution in [0.4, 0.5) is 0 Å². The molecule has 0 radical (unpaired) electrons. The van der Waals surface area contributed by atoms with Gasteiger partial charge in [0, 0.05) is 31.0 Å². The first kappa shape index (κ1) is 15.0. The van der Waals surface area contributed by atoms with Crippen LogP contribution in [0.2, 0.25) is 0 Å². The van der Waals surface area contributed by atoms with Gasteiger partial charge in [0.1, 0.15) is 0 Å². The molecule has 4 heteroatoms. The summed E-state index contributed by atoms with van der Waals surface area (Å²) in [5.41, 5.74) is 8.57. The molecule has 110 valence electrons. The Labute approximate surface area is 120 Å². The fraction of sp³-hybridized carbons (Fsp3) is 0.562. The van der Waals surface area contributed by atoms with Crippen molar-refractivity contribution < 1.29 is 4.74 Å². The first-order chi connectivity index (χ1) is 9.71. The number of hydrogen-bond donors (Lipinski definition) is 1. The fourth-order valence-corrected chi connectivity index (χ4v) is 2.70. The Morgan fingerprint density at radius 1 is 1.25 bits per heavy atom. The average molecular weight is 275 g/mol. The third kappa shape index (κ3) is 3.02. The van der Waals surface area contributed by atoms with Crippen molar-refractivity contribution in [2.75, 3.05) is 6.61 Å². The molecule has 2 atom stereocenters. The summed E-state index contributed by atoms with van der Waals surface area (Å²) < 4.78 is 7.75. The van der Waals surface area contributed by atoms with Crippen LogP contribution in [0.5, 0.6) is 0 Å². The van der Waals surface area contributed by atoms with Crippen molar-refractivity contribution in [2.24, 2.45) is 5.73 Å². The van der Waals surface area contributed by atoms with Crippen LogP contribution in [0.25, 0.3) is 10.9 Å². The maximum absolute atomic E-state index is 6.31. The smallest absolute Gasteiger partial charge is 0.0727 e. The molecule has 4 nitrogen and oxygen atoms in total. The molecule has 0 amide bonds. The summed E-state index contributed by atoms with van der Waals surface area (Å²) in [4.78, 5) is 0. The lowest BCUT2D eigenvalue weighted by Gasteiger charge is -2.21. The van der Waals surface area contributed by atoms with Crippen LogP contribution >= 0.6 is 0 Å². The molecular formula is C16H25N3O. The lowest BCUT2D eigenvalue weighted by atomic mass is 10.0. The number of ether oxygens (including phenoxy) is 1. The molecule has 0 aliphatic heterocycles. The Morgan fingerprint density at radius 3 is 2.65 bits per heavy atom. The number of nitrogens with two attached hydrogens (primary N) is 1. The molecule has 2 rings (SSSR count). The largest absolute Gasteiger partial charge is 0.377 e. The van der Waals surface area contributed by atoms with Gasteiger partial charge >= 0.3 is 0 Å². The number of hydrogen-bond acceptors (Lipinski definition) is 3. The number of para-hydroxylation sites is 1. The minimum atomic E-state index is -0.0106. The highest BCUT2D eigenvalue weighted by atomic mass is 16.5. The van der Waals surface area contributed by atoms with Gasteiger partial charge in [-0.25, -0.2) is 0 Å². The summed E-state index contributed by atoms with van der Waals surface area (Å²) in [6, 6.07) is 8.33. The van der Waals surface area contributed by atoms with Crippen molar-refractivity contribution in [3.05, 3.63) is 30.0 Å². The number of aromatic nitrogens is 2. The highest BCUT2D eigenvalue weighted by Crippen LogP contribution is 2.20. The Balaban J connectivity index is 2.25. The summed E-state index contributed by atoms with van der Waals surface area (Å²) in [6.45, 7) is 7.81. The van der Waals surface area contributed by atoms with E-state index in [0.29, 0.717) is 6.61 Å². The zero-order valence-electron chi connectivity index (χ0n) is 12.7. The van der Waals surface area contributed by atoms with E-state index in [-0.39, 0.29) is 12.1 Å². The second kappa shape index (κ2) is 6.86. The second-order valence-corrected chi connectivity index (χ2v) is 5.05. The molecule has 1 heterocycles. The third-order valence-electron chi connectivity index (χ3n) is 3.72. The van der Waals surface area contributed by atoms with Crippen molar-refractivity contribution >= 4 is 10.9 Å². The van der Waals surface area contributed by atoms with Gasteiger partial charge in [-0.3, -0.25) is 4.68 Å². The van der Waals surface area contributed by atoms with E-state index in [1.807, 2.05) is 11.6 Å². The minimum absolute atomic E-state index is 0.0106. The van der Waals surface area contributed by atoms with Crippen molar-refractivity contribution in [2.45, 2.75) is 52.3 Å². The van der Waals surface area contributed by atoms with Crippen LogP contribution in [0.15, 0.2) is 24.3 Å². The van der Waals surface area contributed by atoms with Crippen molar-refractivity contribution in [1.82, 2.24) is 9.78 Å². The summed E-state index contributed by atoms with van der Waals surface area (Å²) in [5.74, 6) is 0. The molecule has 1 aromatic heterocycles. The Morgan fingerprint density at radius 2 is 2.00 bits per heavy atom. The number of fused-ring (bicyclic) bond motifs is 1. The van der Waals surface area contributed by atoms with Crippen molar-refractivity contribution in [3.8, 4) is 0 Å². The first-order valence-corrected chi connectivity index (χ1v) is 7.52. The summed E-state index contributed by atoms with van der Waals surface area (Å²) in [5, 5.41) is 5.91. The minimum Gasteiger partial charge on any atom is -0.377 e. The van der Waals surface area contributed by atoms with Crippen LogP contribution in [0.1, 0.15) is 32.9 Å². The normalized spacial score (nSPS) is 14.6. The van der Waals surface area contributed by atoms with Gasteiger partial charge in [0.15, 0.2) is 0 Å². The Kier molecular flexibility index (Phi) is 5.15. The lowest BCUT2D eigenvalue weighted by molar-refractivity contribution is 0.0415. The van der Waals surface area contributed by atoms with Gasteiger partial charge in [-0.2, -0.15) is 5.10 Å². The van der Waals surface area contributed by atoms with E-state index in [0.717, 1.165) is 25.1 Å². The zero-order chi connectivity index (χ0) is 14.5. The van der Waals surface area contributed by atoms with Crippen molar-refractivity contribution in [1.29, 1.82) is 0 Å². The van der Waals surface area contributed by atoms with E-state index in [9.17, 15) is 0 Å². The predicted octanol–water partition coefficient (Wildman–Crippen LogP) is 2.74. The van der Waals surface area contributed by atoms with Crippen LogP contribution in [0, 0.1) is 0 Å². The lowest BCUT2D eigenvalue weighted by Crippen LogP contribution is -2.38. The number of nitrogens with zero attached hydrogens (tertiary/aromatic N) is 2. The van der Waals surface area contributed by atoms with Gasteiger partial charge in [-0.05, 0) is 26.3 Å². The molecule has 1 aromatic carbocycles. The molecule has 0 fully saturated rings. The van der Waals surface area contributed by atoms with Crippen molar-refractivity contribution in [3.63, 3.8) is 0 Å². The molecule has 2 N–H and O–H groups in total. The van der Waals surface area contributed by atoms with E-state index in [1.54, 1.807) is 0 Å². The van der Waals surface area contributed by atoms with Gasteiger partial charge in [0.25, 0.3) is 0 Å². The van der Waals surface area contributed by atoms with E-state index < -0.39 is 0 Å². The third-order valence-corrected chi connectivity index (χ3v) is 3.72. The van der Waals surface area contributed by atoms with Crippen LogP contribution in [-0.2, 0) is 17.7 Å². The maximum Gasteiger partial charge on any atom is 0.0727 e. The summed E-state index contributed by atoms with van der Waals surface area (Å²) in [7, 11) is 0. The molecule has 20 heavy (non-hydrogen) atoms. The van der Waals surface area contributed by atoms with Crippen LogP contribution < -0.4 is 5.73 Å². The van der Waals surface area contributed by atoms with Gasteiger partial charge in [-0.1, -0.05) is 25.1 Å². The maximum atomic E-state index is 6.31. The topological polar surface area (TPSA) is 53.1 Å². The monoisotopic (exact) mass is 275 g/mol. The van der Waals surface area contributed by atoms with Gasteiger partial charge in [0.05, 0.1) is 17.3 Å². The predicted molar refractivity (Wildman–Crippen MR) is 82.8 cm³/mol. The molecule has 0 saturated heterocycles. The fourth-order valence-electron chi connectivity index (χ4n) is 2.70. The van der Waals surface area contributed by atoms with Gasteiger partial charge in [0.2, 0.25) is 0 Å². The quantitative estimate of drug-likeness (QED) is 0.845. The Hall–Kier alpha value is -1.39. The van der Waals surface area contributed by atoms with Gasteiger partial charge < -0.3 is 10.5 Å². The summed E-state index contributed by atoms with van der Waals surface area (Å²) in [6.07, 6.45) is 1.79. The number of rotatable bonds is 7. The number of benzene rings is 1. The Bertz CT molecular complexity index is 550. The first-order valence-electron chi connectivity index (χ1n) is 7.52. The zero-order valence-corrected chi connectivity index (χ0v) is 12.7. The van der Waals surface area contributed by atoms with E-state index in [1.165, 1.54) is 10.9 Å². The molecule has 0 bridgehead atoms. The highest BCUT2D eigenvalue weighted by Gasteiger charge is 2.19. The SMILES string of the molecule is CCOC(CC)C(N)Cc1nn(CC)c2ccccc12.